The van der Waals surface area contributed by atoms with Gasteiger partial charge in [0.1, 0.15) is 10.3 Å². The molecule has 2 rings (SSSR count). The summed E-state index contributed by atoms with van der Waals surface area (Å²) < 4.78 is 0.640. The maximum absolute atomic E-state index is 12.2. The number of nitrogens with one attached hydrogen (secondary N) is 1. The van der Waals surface area contributed by atoms with Crippen LogP contribution in [0, 0.1) is 0 Å². The minimum atomic E-state index is -0.196. The van der Waals surface area contributed by atoms with Crippen molar-refractivity contribution in [1.82, 2.24) is 10.3 Å². The first-order valence-electron chi connectivity index (χ1n) is 6.29. The van der Waals surface area contributed by atoms with Crippen LogP contribution >= 0.6 is 27.5 Å². The molecule has 104 valence electrons. The first kappa shape index (κ1) is 15.0. The number of amides is 1. The third-order valence-corrected chi connectivity index (χ3v) is 3.59. The van der Waals surface area contributed by atoms with E-state index in [1.54, 1.807) is 18.2 Å². The molecule has 1 unspecified atom stereocenters. The van der Waals surface area contributed by atoms with E-state index in [0.717, 1.165) is 12.0 Å². The molecule has 20 heavy (non-hydrogen) atoms. The van der Waals surface area contributed by atoms with E-state index in [9.17, 15) is 4.79 Å². The molecule has 5 heteroatoms. The molecule has 1 amide bonds. The van der Waals surface area contributed by atoms with E-state index in [1.165, 1.54) is 0 Å². The van der Waals surface area contributed by atoms with E-state index in [0.29, 0.717) is 15.3 Å². The molecule has 1 aromatic heterocycles. The Morgan fingerprint density at radius 2 is 2.10 bits per heavy atom. The van der Waals surface area contributed by atoms with Crippen molar-refractivity contribution in [3.8, 4) is 0 Å². The van der Waals surface area contributed by atoms with Gasteiger partial charge in [0.2, 0.25) is 0 Å². The lowest BCUT2D eigenvalue weighted by molar-refractivity contribution is 0.0930. The van der Waals surface area contributed by atoms with Crippen molar-refractivity contribution in [2.75, 3.05) is 0 Å². The summed E-state index contributed by atoms with van der Waals surface area (Å²) in [6, 6.07) is 12.7. The first-order valence-corrected chi connectivity index (χ1v) is 7.46. The van der Waals surface area contributed by atoms with Gasteiger partial charge in [0.15, 0.2) is 0 Å². The predicted octanol–water partition coefficient (Wildman–Crippen LogP) is 4.38. The second-order valence-electron chi connectivity index (χ2n) is 4.33. The average molecular weight is 354 g/mol. The fraction of sp³-hybridized carbons (Fsp3) is 0.200. The first-order chi connectivity index (χ1) is 9.60. The fourth-order valence-electron chi connectivity index (χ4n) is 1.91. The van der Waals surface area contributed by atoms with E-state index < -0.39 is 0 Å². The van der Waals surface area contributed by atoms with E-state index in [1.807, 2.05) is 31.2 Å². The monoisotopic (exact) mass is 352 g/mol. The second kappa shape index (κ2) is 6.86. The molecule has 0 saturated heterocycles. The summed E-state index contributed by atoms with van der Waals surface area (Å²) in [5.41, 5.74) is 1.38. The number of benzene rings is 1. The summed E-state index contributed by atoms with van der Waals surface area (Å²) in [5.74, 6) is -0.196. The minimum absolute atomic E-state index is 0.0815. The van der Waals surface area contributed by atoms with Crippen LogP contribution in [0.15, 0.2) is 47.1 Å². The molecular formula is C15H14BrClN2O. The van der Waals surface area contributed by atoms with Crippen LogP contribution in [-0.2, 0) is 0 Å². The third kappa shape index (κ3) is 3.81. The van der Waals surface area contributed by atoms with Crippen molar-refractivity contribution < 1.29 is 4.79 Å². The Bertz CT molecular complexity index is 618. The standard InChI is InChI=1S/C15H14BrClN2O/c1-2-12(10-5-3-6-11(17)9-10)19-15(20)13-7-4-8-14(16)18-13/h3-9,12H,2H2,1H3,(H,19,20). The topological polar surface area (TPSA) is 42.0 Å². The van der Waals surface area contributed by atoms with E-state index >= 15 is 0 Å². The Morgan fingerprint density at radius 3 is 2.75 bits per heavy atom. The summed E-state index contributed by atoms with van der Waals surface area (Å²) in [4.78, 5) is 16.3. The molecule has 3 nitrogen and oxygen atoms in total. The largest absolute Gasteiger partial charge is 0.344 e. The van der Waals surface area contributed by atoms with Gasteiger partial charge in [-0.3, -0.25) is 4.79 Å². The molecular weight excluding hydrogens is 340 g/mol. The maximum Gasteiger partial charge on any atom is 0.270 e. The molecule has 0 aliphatic rings. The highest BCUT2D eigenvalue weighted by molar-refractivity contribution is 9.10. The lowest BCUT2D eigenvalue weighted by Gasteiger charge is -2.17. The van der Waals surface area contributed by atoms with Crippen LogP contribution in [0.1, 0.15) is 35.4 Å². The van der Waals surface area contributed by atoms with Crippen LogP contribution in [0.25, 0.3) is 0 Å². The van der Waals surface area contributed by atoms with Crippen molar-refractivity contribution in [2.24, 2.45) is 0 Å². The van der Waals surface area contributed by atoms with Crippen LogP contribution in [0.3, 0.4) is 0 Å². The van der Waals surface area contributed by atoms with Crippen LogP contribution in [-0.4, -0.2) is 10.9 Å². The zero-order chi connectivity index (χ0) is 14.5. The molecule has 0 aliphatic heterocycles. The van der Waals surface area contributed by atoms with Crippen molar-refractivity contribution in [3.05, 3.63) is 63.3 Å². The fourth-order valence-corrected chi connectivity index (χ4v) is 2.45. The van der Waals surface area contributed by atoms with Crippen LogP contribution in [0.4, 0.5) is 0 Å². The Hall–Kier alpha value is -1.39. The summed E-state index contributed by atoms with van der Waals surface area (Å²) in [6.45, 7) is 2.01. The molecule has 1 heterocycles. The quantitative estimate of drug-likeness (QED) is 0.829. The molecule has 0 fully saturated rings. The summed E-state index contributed by atoms with van der Waals surface area (Å²) in [5, 5.41) is 3.64. The maximum atomic E-state index is 12.2. The van der Waals surface area contributed by atoms with Gasteiger partial charge in [0.05, 0.1) is 6.04 Å². The predicted molar refractivity (Wildman–Crippen MR) is 83.9 cm³/mol. The highest BCUT2D eigenvalue weighted by atomic mass is 79.9. The van der Waals surface area contributed by atoms with Gasteiger partial charge in [-0.1, -0.05) is 36.7 Å². The molecule has 0 bridgehead atoms. The van der Waals surface area contributed by atoms with Gasteiger partial charge in [-0.2, -0.15) is 0 Å². The second-order valence-corrected chi connectivity index (χ2v) is 5.58. The normalized spacial score (nSPS) is 11.9. The van der Waals surface area contributed by atoms with Crippen LogP contribution in [0.5, 0.6) is 0 Å². The van der Waals surface area contributed by atoms with Crippen molar-refractivity contribution >= 4 is 33.4 Å². The number of carbonyl (C=O) groups excluding carboxylic acids is 1. The van der Waals surface area contributed by atoms with Gasteiger partial charge < -0.3 is 5.32 Å². The summed E-state index contributed by atoms with van der Waals surface area (Å²) in [7, 11) is 0. The summed E-state index contributed by atoms with van der Waals surface area (Å²) >= 11 is 9.25. The van der Waals surface area contributed by atoms with Crippen molar-refractivity contribution in [3.63, 3.8) is 0 Å². The molecule has 0 saturated carbocycles. The smallest absolute Gasteiger partial charge is 0.270 e. The van der Waals surface area contributed by atoms with Crippen LogP contribution in [0.2, 0.25) is 5.02 Å². The highest BCUT2D eigenvalue weighted by Crippen LogP contribution is 2.20. The lowest BCUT2D eigenvalue weighted by atomic mass is 10.0. The number of aromatic nitrogens is 1. The zero-order valence-corrected chi connectivity index (χ0v) is 13.3. The van der Waals surface area contributed by atoms with Crippen LogP contribution < -0.4 is 5.32 Å². The SMILES string of the molecule is CCC(NC(=O)c1cccc(Br)n1)c1cccc(Cl)c1. The number of halogens is 2. The molecule has 0 spiro atoms. The van der Waals surface area contributed by atoms with E-state index in [4.69, 9.17) is 11.6 Å². The molecule has 1 aromatic carbocycles. The molecule has 0 aliphatic carbocycles. The number of hydrogen-bond acceptors (Lipinski definition) is 2. The Labute approximate surface area is 131 Å². The number of carbonyl (C=O) groups is 1. The Balaban J connectivity index is 2.16. The van der Waals surface area contributed by atoms with Gasteiger partial charge in [-0.15, -0.1) is 0 Å². The van der Waals surface area contributed by atoms with Gasteiger partial charge in [-0.05, 0) is 52.2 Å². The van der Waals surface area contributed by atoms with Gasteiger partial charge in [-0.25, -0.2) is 4.98 Å². The Morgan fingerprint density at radius 1 is 1.35 bits per heavy atom. The van der Waals surface area contributed by atoms with Gasteiger partial charge in [0, 0.05) is 5.02 Å². The highest BCUT2D eigenvalue weighted by Gasteiger charge is 2.15. The number of hydrogen-bond donors (Lipinski definition) is 1. The number of pyridine rings is 1. The average Bonchev–Trinajstić information content (AvgIpc) is 2.44. The Kier molecular flexibility index (Phi) is 5.15. The number of rotatable bonds is 4. The third-order valence-electron chi connectivity index (χ3n) is 2.91. The van der Waals surface area contributed by atoms with E-state index in [-0.39, 0.29) is 11.9 Å². The van der Waals surface area contributed by atoms with Crippen molar-refractivity contribution in [1.29, 1.82) is 0 Å². The van der Waals surface area contributed by atoms with Gasteiger partial charge in [0.25, 0.3) is 5.91 Å². The lowest BCUT2D eigenvalue weighted by Crippen LogP contribution is -2.28. The van der Waals surface area contributed by atoms with E-state index in [2.05, 4.69) is 26.2 Å². The number of nitrogens with zero attached hydrogens (tertiary/aromatic N) is 1. The minimum Gasteiger partial charge on any atom is -0.344 e. The molecule has 0 radical (unpaired) electrons. The van der Waals surface area contributed by atoms with Gasteiger partial charge >= 0.3 is 0 Å². The zero-order valence-electron chi connectivity index (χ0n) is 10.9. The van der Waals surface area contributed by atoms with Crippen molar-refractivity contribution in [2.45, 2.75) is 19.4 Å². The molecule has 2 aromatic rings. The summed E-state index contributed by atoms with van der Waals surface area (Å²) in [6.07, 6.45) is 0.778. The molecule has 1 atom stereocenters. The molecule has 1 N–H and O–H groups in total.